The van der Waals surface area contributed by atoms with Crippen molar-refractivity contribution in [1.82, 2.24) is 0 Å². The molecule has 1 saturated heterocycles. The minimum atomic E-state index is 0.0924. The average molecular weight is 130 g/mol. The number of hydrogen-bond donors (Lipinski definition) is 0. The standard InChI is InChI=1S/C7H14O2/c1-4-8-5-6-7(2,3)9-6/h6H,4-5H2,1-3H3. The largest absolute Gasteiger partial charge is 0.379 e. The van der Waals surface area contributed by atoms with E-state index in [9.17, 15) is 0 Å². The monoisotopic (exact) mass is 130 g/mol. The van der Waals surface area contributed by atoms with E-state index in [0.717, 1.165) is 13.2 Å². The van der Waals surface area contributed by atoms with Crippen molar-refractivity contribution in [3.05, 3.63) is 0 Å². The molecule has 1 unspecified atom stereocenters. The summed E-state index contributed by atoms with van der Waals surface area (Å²) in [6.45, 7) is 7.70. The summed E-state index contributed by atoms with van der Waals surface area (Å²) in [5.74, 6) is 0. The van der Waals surface area contributed by atoms with E-state index in [4.69, 9.17) is 9.47 Å². The van der Waals surface area contributed by atoms with E-state index >= 15 is 0 Å². The second-order valence-electron chi connectivity index (χ2n) is 2.87. The molecule has 2 heteroatoms. The van der Waals surface area contributed by atoms with E-state index in [1.54, 1.807) is 0 Å². The van der Waals surface area contributed by atoms with Gasteiger partial charge in [0.25, 0.3) is 0 Å². The molecule has 0 aromatic carbocycles. The van der Waals surface area contributed by atoms with Crippen molar-refractivity contribution in [1.29, 1.82) is 0 Å². The minimum absolute atomic E-state index is 0.0924. The summed E-state index contributed by atoms with van der Waals surface area (Å²) in [6, 6.07) is 0. The molecule has 2 nitrogen and oxygen atoms in total. The summed E-state index contributed by atoms with van der Waals surface area (Å²) < 4.78 is 10.4. The molecule has 54 valence electrons. The lowest BCUT2D eigenvalue weighted by Gasteiger charge is -1.96. The molecule has 9 heavy (non-hydrogen) atoms. The van der Waals surface area contributed by atoms with Crippen molar-refractivity contribution < 1.29 is 9.47 Å². The zero-order chi connectivity index (χ0) is 6.91. The Labute approximate surface area is 56.2 Å². The molecule has 0 bridgehead atoms. The molecule has 0 spiro atoms. The van der Waals surface area contributed by atoms with Gasteiger partial charge in [-0.2, -0.15) is 0 Å². The van der Waals surface area contributed by atoms with Crippen molar-refractivity contribution in [3.8, 4) is 0 Å². The van der Waals surface area contributed by atoms with E-state index in [1.165, 1.54) is 0 Å². The molecule has 1 atom stereocenters. The fraction of sp³-hybridized carbons (Fsp3) is 1.00. The first-order valence-corrected chi connectivity index (χ1v) is 3.42. The number of ether oxygens (including phenoxy) is 2. The van der Waals surface area contributed by atoms with Crippen LogP contribution in [0.1, 0.15) is 20.8 Å². The first-order valence-electron chi connectivity index (χ1n) is 3.42. The highest BCUT2D eigenvalue weighted by Crippen LogP contribution is 2.34. The molecule has 0 aliphatic carbocycles. The van der Waals surface area contributed by atoms with Gasteiger partial charge in [-0.05, 0) is 20.8 Å². The van der Waals surface area contributed by atoms with Gasteiger partial charge in [-0.3, -0.25) is 0 Å². The van der Waals surface area contributed by atoms with E-state index in [1.807, 2.05) is 6.92 Å². The quantitative estimate of drug-likeness (QED) is 0.535. The van der Waals surface area contributed by atoms with Crippen LogP contribution in [0.25, 0.3) is 0 Å². The Kier molecular flexibility index (Phi) is 1.78. The fourth-order valence-corrected chi connectivity index (χ4v) is 0.792. The summed E-state index contributed by atoms with van der Waals surface area (Å²) >= 11 is 0. The smallest absolute Gasteiger partial charge is 0.110 e. The molecule has 0 aromatic heterocycles. The maximum Gasteiger partial charge on any atom is 0.110 e. The topological polar surface area (TPSA) is 21.8 Å². The summed E-state index contributed by atoms with van der Waals surface area (Å²) in [6.07, 6.45) is 0.345. The van der Waals surface area contributed by atoms with Crippen molar-refractivity contribution in [2.24, 2.45) is 0 Å². The molecular formula is C7H14O2. The van der Waals surface area contributed by atoms with Gasteiger partial charge >= 0.3 is 0 Å². The van der Waals surface area contributed by atoms with Crippen LogP contribution in [0.2, 0.25) is 0 Å². The van der Waals surface area contributed by atoms with Crippen LogP contribution in [0.4, 0.5) is 0 Å². The molecular weight excluding hydrogens is 116 g/mol. The number of epoxide rings is 1. The lowest BCUT2D eigenvalue weighted by Crippen LogP contribution is -2.09. The first-order chi connectivity index (χ1) is 4.17. The Morgan fingerprint density at radius 3 is 2.44 bits per heavy atom. The Morgan fingerprint density at radius 1 is 1.56 bits per heavy atom. The van der Waals surface area contributed by atoms with Crippen molar-refractivity contribution in [2.75, 3.05) is 13.2 Å². The van der Waals surface area contributed by atoms with Gasteiger partial charge in [0.1, 0.15) is 6.10 Å². The van der Waals surface area contributed by atoms with Gasteiger partial charge < -0.3 is 9.47 Å². The first kappa shape index (κ1) is 7.03. The molecule has 0 saturated carbocycles. The molecule has 0 radical (unpaired) electrons. The lowest BCUT2D eigenvalue weighted by molar-refractivity contribution is 0.128. The van der Waals surface area contributed by atoms with E-state index < -0.39 is 0 Å². The predicted octanol–water partition coefficient (Wildman–Crippen LogP) is 1.20. The maximum atomic E-state index is 5.28. The van der Waals surface area contributed by atoms with Crippen LogP contribution in [0.5, 0.6) is 0 Å². The normalized spacial score (nSPS) is 30.3. The van der Waals surface area contributed by atoms with Gasteiger partial charge in [0, 0.05) is 6.61 Å². The summed E-state index contributed by atoms with van der Waals surface area (Å²) in [4.78, 5) is 0. The van der Waals surface area contributed by atoms with Crippen LogP contribution in [-0.4, -0.2) is 24.9 Å². The van der Waals surface area contributed by atoms with E-state index in [2.05, 4.69) is 13.8 Å². The SMILES string of the molecule is CCOCC1OC1(C)C. The van der Waals surface area contributed by atoms with Crippen LogP contribution in [0.3, 0.4) is 0 Å². The van der Waals surface area contributed by atoms with Gasteiger partial charge in [-0.25, -0.2) is 0 Å². The van der Waals surface area contributed by atoms with Crippen LogP contribution in [0, 0.1) is 0 Å². The molecule has 1 rings (SSSR count). The van der Waals surface area contributed by atoms with Gasteiger partial charge in [0.05, 0.1) is 12.2 Å². The fourth-order valence-electron chi connectivity index (χ4n) is 0.792. The van der Waals surface area contributed by atoms with Gasteiger partial charge in [-0.1, -0.05) is 0 Å². The van der Waals surface area contributed by atoms with Crippen molar-refractivity contribution in [2.45, 2.75) is 32.5 Å². The number of rotatable bonds is 3. The summed E-state index contributed by atoms with van der Waals surface area (Å²) in [5, 5.41) is 0. The van der Waals surface area contributed by atoms with Gasteiger partial charge in [0.15, 0.2) is 0 Å². The third-order valence-corrected chi connectivity index (χ3v) is 1.64. The highest BCUT2D eigenvalue weighted by Gasteiger charge is 2.47. The highest BCUT2D eigenvalue weighted by atomic mass is 16.6. The predicted molar refractivity (Wildman–Crippen MR) is 35.4 cm³/mol. The molecule has 1 heterocycles. The van der Waals surface area contributed by atoms with E-state index in [-0.39, 0.29) is 5.60 Å². The summed E-state index contributed by atoms with van der Waals surface area (Å²) in [7, 11) is 0. The van der Waals surface area contributed by atoms with Crippen LogP contribution >= 0.6 is 0 Å². The molecule has 0 amide bonds. The highest BCUT2D eigenvalue weighted by molar-refractivity contribution is 4.94. The van der Waals surface area contributed by atoms with Crippen LogP contribution < -0.4 is 0 Å². The molecule has 0 aromatic rings. The second kappa shape index (κ2) is 2.27. The average Bonchev–Trinajstić information content (AvgIpc) is 2.35. The summed E-state index contributed by atoms with van der Waals surface area (Å²) in [5.41, 5.74) is 0.0924. The van der Waals surface area contributed by atoms with E-state index in [0.29, 0.717) is 6.10 Å². The molecule has 1 fully saturated rings. The Hall–Kier alpha value is -0.0800. The molecule has 1 aliphatic rings. The van der Waals surface area contributed by atoms with Crippen molar-refractivity contribution >= 4 is 0 Å². The molecule has 1 aliphatic heterocycles. The van der Waals surface area contributed by atoms with Crippen LogP contribution in [-0.2, 0) is 9.47 Å². The second-order valence-corrected chi connectivity index (χ2v) is 2.87. The Morgan fingerprint density at radius 2 is 2.11 bits per heavy atom. The minimum Gasteiger partial charge on any atom is -0.379 e. The third-order valence-electron chi connectivity index (χ3n) is 1.64. The van der Waals surface area contributed by atoms with Gasteiger partial charge in [0.2, 0.25) is 0 Å². The maximum absolute atomic E-state index is 5.28. The third kappa shape index (κ3) is 1.66. The van der Waals surface area contributed by atoms with Crippen LogP contribution in [0.15, 0.2) is 0 Å². The Balaban J connectivity index is 2.06. The van der Waals surface area contributed by atoms with Crippen molar-refractivity contribution in [3.63, 3.8) is 0 Å². The number of hydrogen-bond acceptors (Lipinski definition) is 2. The zero-order valence-electron chi connectivity index (χ0n) is 6.31. The van der Waals surface area contributed by atoms with Gasteiger partial charge in [-0.15, -0.1) is 0 Å². The lowest BCUT2D eigenvalue weighted by atomic mass is 10.1. The zero-order valence-corrected chi connectivity index (χ0v) is 6.31. The molecule has 0 N–H and O–H groups in total. The Bertz CT molecular complexity index is 99.1.